The van der Waals surface area contributed by atoms with Crippen molar-refractivity contribution in [2.24, 2.45) is 0 Å². The number of hydrogen-bond acceptors (Lipinski definition) is 4. The summed E-state index contributed by atoms with van der Waals surface area (Å²) >= 11 is 0. The second kappa shape index (κ2) is 12.0. The number of hydrogen-bond donors (Lipinski definition) is 3. The lowest BCUT2D eigenvalue weighted by Gasteiger charge is -2.12. The van der Waals surface area contributed by atoms with Gasteiger partial charge in [-0.15, -0.1) is 13.2 Å². The molecule has 0 fully saturated rings. The molecule has 0 spiro atoms. The molecule has 0 saturated carbocycles. The van der Waals surface area contributed by atoms with E-state index in [4.69, 9.17) is 20.1 Å². The first-order valence-corrected chi connectivity index (χ1v) is 8.11. The average molecular weight is 342 g/mol. The van der Waals surface area contributed by atoms with Crippen molar-refractivity contribution in [3.8, 4) is 11.5 Å². The number of aliphatic hydroxyl groups is 3. The SMILES string of the molecule is C=CCc1ccccc1Oc1ccccc1CC=C.OCC(O)CO. The van der Waals surface area contributed by atoms with Crippen LogP contribution in [0.4, 0.5) is 0 Å². The van der Waals surface area contributed by atoms with Gasteiger partial charge in [0.15, 0.2) is 0 Å². The van der Waals surface area contributed by atoms with Crippen molar-refractivity contribution in [1.29, 1.82) is 0 Å². The molecule has 0 unspecified atom stereocenters. The molecule has 0 saturated heterocycles. The molecule has 0 aliphatic heterocycles. The molecule has 0 atom stereocenters. The minimum atomic E-state index is -0.954. The van der Waals surface area contributed by atoms with Crippen LogP contribution in [0.2, 0.25) is 0 Å². The summed E-state index contributed by atoms with van der Waals surface area (Å²) in [6.07, 6.45) is 4.43. The fraction of sp³-hybridized carbons (Fsp3) is 0.238. The highest BCUT2D eigenvalue weighted by Gasteiger charge is 2.06. The lowest BCUT2D eigenvalue weighted by molar-refractivity contribution is 0.0450. The van der Waals surface area contributed by atoms with E-state index in [1.807, 2.05) is 48.6 Å². The molecule has 3 N–H and O–H groups in total. The number of benzene rings is 2. The molecule has 0 heterocycles. The summed E-state index contributed by atoms with van der Waals surface area (Å²) in [6.45, 7) is 6.84. The number of para-hydroxylation sites is 2. The van der Waals surface area contributed by atoms with Gasteiger partial charge in [-0.25, -0.2) is 0 Å². The molecule has 0 aliphatic rings. The molecule has 4 nitrogen and oxygen atoms in total. The monoisotopic (exact) mass is 342 g/mol. The first kappa shape index (κ1) is 20.6. The van der Waals surface area contributed by atoms with E-state index in [2.05, 4.69) is 25.3 Å². The number of ether oxygens (including phenoxy) is 1. The fourth-order valence-corrected chi connectivity index (χ4v) is 2.03. The van der Waals surface area contributed by atoms with E-state index in [0.29, 0.717) is 0 Å². The summed E-state index contributed by atoms with van der Waals surface area (Å²) in [5.74, 6) is 1.78. The maximum Gasteiger partial charge on any atom is 0.130 e. The molecular formula is C21H26O4. The van der Waals surface area contributed by atoms with Crippen LogP contribution in [-0.4, -0.2) is 34.6 Å². The molecule has 2 aromatic carbocycles. The molecule has 134 valence electrons. The summed E-state index contributed by atoms with van der Waals surface area (Å²) in [4.78, 5) is 0. The van der Waals surface area contributed by atoms with Crippen molar-refractivity contribution < 1.29 is 20.1 Å². The molecule has 4 heteroatoms. The predicted molar refractivity (Wildman–Crippen MR) is 101 cm³/mol. The van der Waals surface area contributed by atoms with Gasteiger partial charge in [0, 0.05) is 0 Å². The zero-order valence-electron chi connectivity index (χ0n) is 14.3. The van der Waals surface area contributed by atoms with E-state index in [1.165, 1.54) is 0 Å². The standard InChI is InChI=1S/C18H18O.C3H8O3/c1-3-9-15-11-5-7-13-17(15)19-18-14-8-6-12-16(18)10-4-2;4-1-3(6)2-5/h3-8,11-14H,1-2,9-10H2;3-6H,1-2H2. The van der Waals surface area contributed by atoms with Crippen LogP contribution in [0.15, 0.2) is 73.8 Å². The van der Waals surface area contributed by atoms with Gasteiger partial charge >= 0.3 is 0 Å². The fourth-order valence-electron chi connectivity index (χ4n) is 2.03. The normalized spacial score (nSPS) is 9.92. The van der Waals surface area contributed by atoms with Crippen LogP contribution in [0.3, 0.4) is 0 Å². The predicted octanol–water partition coefficient (Wildman–Crippen LogP) is 3.27. The second-order valence-corrected chi connectivity index (χ2v) is 5.32. The van der Waals surface area contributed by atoms with Gasteiger partial charge in [-0.05, 0) is 36.1 Å². The zero-order valence-corrected chi connectivity index (χ0v) is 14.3. The highest BCUT2D eigenvalue weighted by molar-refractivity contribution is 5.42. The van der Waals surface area contributed by atoms with Gasteiger partial charge in [0.1, 0.15) is 17.6 Å². The zero-order chi connectivity index (χ0) is 18.5. The maximum absolute atomic E-state index is 8.17. The molecule has 2 aromatic rings. The number of aliphatic hydroxyl groups excluding tert-OH is 3. The quantitative estimate of drug-likeness (QED) is 0.644. The maximum atomic E-state index is 8.17. The van der Waals surface area contributed by atoms with Crippen molar-refractivity contribution in [3.63, 3.8) is 0 Å². The van der Waals surface area contributed by atoms with Crippen molar-refractivity contribution >= 4 is 0 Å². The lowest BCUT2D eigenvalue weighted by Crippen LogP contribution is -2.15. The van der Waals surface area contributed by atoms with Crippen molar-refractivity contribution in [2.75, 3.05) is 13.2 Å². The number of allylic oxidation sites excluding steroid dienone is 2. The van der Waals surface area contributed by atoms with Gasteiger partial charge in [0.2, 0.25) is 0 Å². The van der Waals surface area contributed by atoms with Crippen LogP contribution in [0.5, 0.6) is 11.5 Å². The van der Waals surface area contributed by atoms with Crippen LogP contribution in [0.25, 0.3) is 0 Å². The third-order valence-electron chi connectivity index (χ3n) is 3.32. The van der Waals surface area contributed by atoms with Gasteiger partial charge in [0.05, 0.1) is 13.2 Å². The minimum Gasteiger partial charge on any atom is -0.457 e. The Kier molecular flexibility index (Phi) is 9.94. The molecule has 2 rings (SSSR count). The summed E-state index contributed by atoms with van der Waals surface area (Å²) in [7, 11) is 0. The topological polar surface area (TPSA) is 69.9 Å². The highest BCUT2D eigenvalue weighted by Crippen LogP contribution is 2.28. The Hall–Kier alpha value is -2.40. The van der Waals surface area contributed by atoms with E-state index in [1.54, 1.807) is 0 Å². The molecule has 0 bridgehead atoms. The Morgan fingerprint density at radius 3 is 1.52 bits per heavy atom. The summed E-state index contributed by atoms with van der Waals surface area (Å²) in [5.41, 5.74) is 2.29. The van der Waals surface area contributed by atoms with E-state index in [-0.39, 0.29) is 13.2 Å². The van der Waals surface area contributed by atoms with E-state index < -0.39 is 6.10 Å². The van der Waals surface area contributed by atoms with Gasteiger partial charge in [0.25, 0.3) is 0 Å². The van der Waals surface area contributed by atoms with Gasteiger partial charge in [-0.3, -0.25) is 0 Å². The third-order valence-corrected chi connectivity index (χ3v) is 3.32. The Bertz CT molecular complexity index is 596. The molecule has 0 aliphatic carbocycles. The average Bonchev–Trinajstić information content (AvgIpc) is 2.65. The Morgan fingerprint density at radius 1 is 0.800 bits per heavy atom. The minimum absolute atomic E-state index is 0.365. The molecule has 25 heavy (non-hydrogen) atoms. The summed E-state index contributed by atoms with van der Waals surface area (Å²) in [5, 5.41) is 24.0. The number of rotatable bonds is 8. The third kappa shape index (κ3) is 7.35. The van der Waals surface area contributed by atoms with Crippen molar-refractivity contribution in [2.45, 2.75) is 18.9 Å². The van der Waals surface area contributed by atoms with Gasteiger partial charge < -0.3 is 20.1 Å². The van der Waals surface area contributed by atoms with E-state index in [0.717, 1.165) is 35.5 Å². The van der Waals surface area contributed by atoms with Crippen molar-refractivity contribution in [1.82, 2.24) is 0 Å². The first-order valence-electron chi connectivity index (χ1n) is 8.11. The van der Waals surface area contributed by atoms with Crippen LogP contribution in [0, 0.1) is 0 Å². The molecular weight excluding hydrogens is 316 g/mol. The second-order valence-electron chi connectivity index (χ2n) is 5.32. The van der Waals surface area contributed by atoms with Crippen LogP contribution in [0.1, 0.15) is 11.1 Å². The van der Waals surface area contributed by atoms with Crippen LogP contribution >= 0.6 is 0 Å². The Labute approximate surface area is 149 Å². The summed E-state index contributed by atoms with van der Waals surface area (Å²) < 4.78 is 6.05. The largest absolute Gasteiger partial charge is 0.457 e. The highest BCUT2D eigenvalue weighted by atomic mass is 16.5. The van der Waals surface area contributed by atoms with Gasteiger partial charge in [-0.2, -0.15) is 0 Å². The molecule has 0 aromatic heterocycles. The summed E-state index contributed by atoms with van der Waals surface area (Å²) in [6, 6.07) is 16.1. The van der Waals surface area contributed by atoms with E-state index >= 15 is 0 Å². The Morgan fingerprint density at radius 2 is 1.20 bits per heavy atom. The van der Waals surface area contributed by atoms with Gasteiger partial charge in [-0.1, -0.05) is 48.6 Å². The van der Waals surface area contributed by atoms with E-state index in [9.17, 15) is 0 Å². The van der Waals surface area contributed by atoms with Crippen LogP contribution < -0.4 is 4.74 Å². The lowest BCUT2D eigenvalue weighted by atomic mass is 10.1. The van der Waals surface area contributed by atoms with Crippen molar-refractivity contribution in [3.05, 3.63) is 85.0 Å². The molecule has 0 radical (unpaired) electrons. The van der Waals surface area contributed by atoms with Crippen LogP contribution in [-0.2, 0) is 12.8 Å². The first-order chi connectivity index (χ1) is 12.2. The molecule has 0 amide bonds. The smallest absolute Gasteiger partial charge is 0.130 e. The Balaban J connectivity index is 0.000000450.